The number of hydrogen-bond donors (Lipinski definition) is 0. The van der Waals surface area contributed by atoms with Crippen LogP contribution >= 0.6 is 15.9 Å². The third-order valence-electron chi connectivity index (χ3n) is 2.95. The Morgan fingerprint density at radius 3 is 2.18 bits per heavy atom. The zero-order valence-electron chi connectivity index (χ0n) is 11.4. The van der Waals surface area contributed by atoms with Gasteiger partial charge in [0.05, 0.1) is 18.0 Å². The molecule has 3 rings (SSSR count). The van der Waals surface area contributed by atoms with Gasteiger partial charge in [0, 0.05) is 10.0 Å². The van der Waals surface area contributed by atoms with Crippen molar-refractivity contribution >= 4 is 21.9 Å². The summed E-state index contributed by atoms with van der Waals surface area (Å²) in [5.41, 5.74) is 1.38. The van der Waals surface area contributed by atoms with Crippen molar-refractivity contribution in [1.29, 1.82) is 0 Å². The lowest BCUT2D eigenvalue weighted by Crippen LogP contribution is -2.08. The number of halogens is 1. The zero-order chi connectivity index (χ0) is 15.4. The van der Waals surface area contributed by atoms with Crippen LogP contribution in [0.1, 0.15) is 10.4 Å². The van der Waals surface area contributed by atoms with Crippen LogP contribution in [-0.2, 0) is 0 Å². The Kier molecular flexibility index (Phi) is 4.25. The molecular formula is C17H11BrN2O2. The van der Waals surface area contributed by atoms with Crippen molar-refractivity contribution in [3.05, 3.63) is 77.0 Å². The van der Waals surface area contributed by atoms with Crippen LogP contribution in [0.4, 0.5) is 0 Å². The summed E-state index contributed by atoms with van der Waals surface area (Å²) in [7, 11) is 0. The molecule has 0 radical (unpaired) electrons. The van der Waals surface area contributed by atoms with Crippen LogP contribution in [0.25, 0.3) is 11.4 Å². The summed E-state index contributed by atoms with van der Waals surface area (Å²) in [4.78, 5) is 20.4. The van der Waals surface area contributed by atoms with Gasteiger partial charge in [0.15, 0.2) is 11.6 Å². The van der Waals surface area contributed by atoms with E-state index >= 15 is 0 Å². The molecule has 108 valence electrons. The molecule has 0 aliphatic carbocycles. The summed E-state index contributed by atoms with van der Waals surface area (Å²) < 4.78 is 6.23. The lowest BCUT2D eigenvalue weighted by atomic mass is 10.2. The first kappa shape index (κ1) is 14.4. The summed E-state index contributed by atoms with van der Waals surface area (Å²) in [5, 5.41) is 0. The van der Waals surface area contributed by atoms with Crippen LogP contribution in [0.3, 0.4) is 0 Å². The fourth-order valence-electron chi connectivity index (χ4n) is 1.86. The highest BCUT2D eigenvalue weighted by Gasteiger charge is 2.09. The van der Waals surface area contributed by atoms with Gasteiger partial charge in [-0.3, -0.25) is 0 Å². The lowest BCUT2D eigenvalue weighted by Gasteiger charge is -2.05. The van der Waals surface area contributed by atoms with Crippen molar-refractivity contribution in [2.24, 2.45) is 0 Å². The van der Waals surface area contributed by atoms with Crippen molar-refractivity contribution < 1.29 is 9.53 Å². The number of esters is 1. The second kappa shape index (κ2) is 6.49. The topological polar surface area (TPSA) is 52.1 Å². The molecular weight excluding hydrogens is 344 g/mol. The van der Waals surface area contributed by atoms with Gasteiger partial charge in [0.25, 0.3) is 0 Å². The van der Waals surface area contributed by atoms with E-state index in [1.54, 1.807) is 24.3 Å². The van der Waals surface area contributed by atoms with Crippen LogP contribution < -0.4 is 4.74 Å². The minimum atomic E-state index is -0.430. The van der Waals surface area contributed by atoms with Crippen LogP contribution in [-0.4, -0.2) is 15.9 Å². The SMILES string of the molecule is O=C(Oc1cnc(-c2ccc(Br)cc2)nc1)c1ccccc1. The highest BCUT2D eigenvalue weighted by atomic mass is 79.9. The number of hydrogen-bond acceptors (Lipinski definition) is 4. The highest BCUT2D eigenvalue weighted by molar-refractivity contribution is 9.10. The minimum Gasteiger partial charge on any atom is -0.420 e. The summed E-state index contributed by atoms with van der Waals surface area (Å²) in [5.74, 6) is 0.460. The molecule has 0 saturated heterocycles. The van der Waals surface area contributed by atoms with Crippen LogP contribution in [0.2, 0.25) is 0 Å². The highest BCUT2D eigenvalue weighted by Crippen LogP contribution is 2.19. The number of ether oxygens (including phenoxy) is 1. The Morgan fingerprint density at radius 1 is 0.909 bits per heavy atom. The lowest BCUT2D eigenvalue weighted by molar-refractivity contribution is 0.0733. The standard InChI is InChI=1S/C17H11BrN2O2/c18-14-8-6-12(7-9-14)16-19-10-15(11-20-16)22-17(21)13-4-2-1-3-5-13/h1-11H. The molecule has 2 aromatic carbocycles. The molecule has 0 bridgehead atoms. The fourth-order valence-corrected chi connectivity index (χ4v) is 2.12. The van der Waals surface area contributed by atoms with Crippen molar-refractivity contribution in [1.82, 2.24) is 9.97 Å². The Balaban J connectivity index is 1.74. The van der Waals surface area contributed by atoms with Crippen LogP contribution in [0.15, 0.2) is 71.5 Å². The maximum absolute atomic E-state index is 11.9. The predicted octanol–water partition coefficient (Wildman–Crippen LogP) is 4.13. The Hall–Kier alpha value is -2.53. The number of benzene rings is 2. The van der Waals surface area contributed by atoms with Gasteiger partial charge in [-0.15, -0.1) is 0 Å². The van der Waals surface area contributed by atoms with E-state index in [4.69, 9.17) is 4.74 Å². The average Bonchev–Trinajstić information content (AvgIpc) is 2.57. The van der Waals surface area contributed by atoms with Gasteiger partial charge in [-0.25, -0.2) is 14.8 Å². The van der Waals surface area contributed by atoms with E-state index in [0.717, 1.165) is 10.0 Å². The summed E-state index contributed by atoms with van der Waals surface area (Å²) >= 11 is 3.38. The van der Waals surface area contributed by atoms with Gasteiger partial charge in [-0.05, 0) is 24.3 Å². The van der Waals surface area contributed by atoms with Crippen LogP contribution in [0, 0.1) is 0 Å². The van der Waals surface area contributed by atoms with Gasteiger partial charge in [-0.1, -0.05) is 46.3 Å². The van der Waals surface area contributed by atoms with Crippen molar-refractivity contribution in [2.45, 2.75) is 0 Å². The summed E-state index contributed by atoms with van der Waals surface area (Å²) in [6.07, 6.45) is 2.98. The molecule has 0 atom stereocenters. The summed E-state index contributed by atoms with van der Waals surface area (Å²) in [6.45, 7) is 0. The van der Waals surface area contributed by atoms with E-state index < -0.39 is 5.97 Å². The molecule has 0 aliphatic heterocycles. The van der Waals surface area contributed by atoms with Gasteiger partial charge in [0.2, 0.25) is 0 Å². The van der Waals surface area contributed by atoms with Gasteiger partial charge >= 0.3 is 5.97 Å². The van der Waals surface area contributed by atoms with E-state index in [9.17, 15) is 4.79 Å². The first-order valence-electron chi connectivity index (χ1n) is 6.57. The minimum absolute atomic E-state index is 0.315. The van der Waals surface area contributed by atoms with Crippen molar-refractivity contribution in [2.75, 3.05) is 0 Å². The number of rotatable bonds is 3. The smallest absolute Gasteiger partial charge is 0.343 e. The largest absolute Gasteiger partial charge is 0.420 e. The third-order valence-corrected chi connectivity index (χ3v) is 3.48. The van der Waals surface area contributed by atoms with Gasteiger partial charge in [0.1, 0.15) is 0 Å². The quantitative estimate of drug-likeness (QED) is 0.663. The van der Waals surface area contributed by atoms with Crippen LogP contribution in [0.5, 0.6) is 5.75 Å². The molecule has 5 heteroatoms. The molecule has 0 saturated carbocycles. The maximum atomic E-state index is 11.9. The molecule has 1 aromatic heterocycles. The number of nitrogens with zero attached hydrogens (tertiary/aromatic N) is 2. The molecule has 1 heterocycles. The van der Waals surface area contributed by atoms with E-state index in [1.807, 2.05) is 30.3 Å². The molecule has 0 N–H and O–H groups in total. The summed E-state index contributed by atoms with van der Waals surface area (Å²) in [6, 6.07) is 16.5. The molecule has 3 aromatic rings. The monoisotopic (exact) mass is 354 g/mol. The molecule has 0 aliphatic rings. The average molecular weight is 355 g/mol. The second-order valence-electron chi connectivity index (χ2n) is 4.50. The fraction of sp³-hybridized carbons (Fsp3) is 0. The van der Waals surface area contributed by atoms with E-state index in [0.29, 0.717) is 17.1 Å². The number of carbonyl (C=O) groups is 1. The van der Waals surface area contributed by atoms with Crippen molar-refractivity contribution in [3.63, 3.8) is 0 Å². The number of aromatic nitrogens is 2. The van der Waals surface area contributed by atoms with E-state index in [1.165, 1.54) is 12.4 Å². The molecule has 0 unspecified atom stereocenters. The van der Waals surface area contributed by atoms with Gasteiger partial charge < -0.3 is 4.74 Å². The third kappa shape index (κ3) is 3.38. The number of carbonyl (C=O) groups excluding carboxylic acids is 1. The van der Waals surface area contributed by atoms with Crippen molar-refractivity contribution in [3.8, 4) is 17.1 Å². The molecule has 0 amide bonds. The van der Waals surface area contributed by atoms with E-state index in [-0.39, 0.29) is 0 Å². The second-order valence-corrected chi connectivity index (χ2v) is 5.42. The molecule has 22 heavy (non-hydrogen) atoms. The maximum Gasteiger partial charge on any atom is 0.343 e. The Bertz CT molecular complexity index is 772. The Morgan fingerprint density at radius 2 is 1.55 bits per heavy atom. The zero-order valence-corrected chi connectivity index (χ0v) is 13.0. The van der Waals surface area contributed by atoms with Gasteiger partial charge in [-0.2, -0.15) is 0 Å². The molecule has 0 fully saturated rings. The Labute approximate surface area is 135 Å². The van der Waals surface area contributed by atoms with E-state index in [2.05, 4.69) is 25.9 Å². The predicted molar refractivity (Wildman–Crippen MR) is 86.6 cm³/mol. The molecule has 0 spiro atoms. The molecule has 4 nitrogen and oxygen atoms in total. The first-order valence-corrected chi connectivity index (χ1v) is 7.37. The normalized spacial score (nSPS) is 10.2. The first-order chi connectivity index (χ1) is 10.7.